The molecule has 0 aliphatic heterocycles. The van der Waals surface area contributed by atoms with E-state index in [2.05, 4.69) is 151 Å². The molecule has 0 radical (unpaired) electrons. The van der Waals surface area contributed by atoms with Gasteiger partial charge in [0.2, 0.25) is 0 Å². The van der Waals surface area contributed by atoms with Crippen molar-refractivity contribution in [1.29, 1.82) is 0 Å². The van der Waals surface area contributed by atoms with Crippen LogP contribution in [0, 0.1) is 27.7 Å². The first-order chi connectivity index (χ1) is 17.5. The first-order valence-corrected chi connectivity index (χ1v) is 16.5. The van der Waals surface area contributed by atoms with Gasteiger partial charge >= 0.3 is 247 Å². The van der Waals surface area contributed by atoms with E-state index in [1.54, 1.807) is 15.6 Å². The summed E-state index contributed by atoms with van der Waals surface area (Å²) in [5, 5.41) is 4.79. The van der Waals surface area contributed by atoms with Crippen LogP contribution in [0.4, 0.5) is 0 Å². The molecule has 0 aromatic heterocycles. The average molecular weight is 554 g/mol. The fraction of sp³-hybridized carbons (Fsp3) is 0.389. The van der Waals surface area contributed by atoms with Crippen LogP contribution in [0.5, 0.6) is 0 Å². The minimum absolute atomic E-state index is 0.115. The van der Waals surface area contributed by atoms with E-state index < -0.39 is 8.80 Å². The van der Waals surface area contributed by atoms with E-state index in [1.807, 2.05) is 0 Å². The summed E-state index contributed by atoms with van der Waals surface area (Å²) in [6.45, 7) is 25.4. The Kier molecular flexibility index (Phi) is 8.08. The van der Waals surface area contributed by atoms with Crippen LogP contribution >= 0.6 is 0 Å². The van der Waals surface area contributed by atoms with E-state index in [9.17, 15) is 0 Å². The van der Waals surface area contributed by atoms with Crippen molar-refractivity contribution >= 4 is 24.7 Å². The van der Waals surface area contributed by atoms with Crippen LogP contribution in [0.3, 0.4) is 0 Å². The van der Waals surface area contributed by atoms with E-state index in [1.165, 1.54) is 54.0 Å². The molecule has 0 amide bonds. The summed E-state index contributed by atoms with van der Waals surface area (Å²) in [7, 11) is -1.63. The normalized spacial score (nSPS) is 14.7. The van der Waals surface area contributed by atoms with Gasteiger partial charge in [-0.05, 0) is 0 Å². The van der Waals surface area contributed by atoms with Crippen molar-refractivity contribution in [1.82, 2.24) is 0 Å². The number of hydrogen-bond acceptors (Lipinski definition) is 0. The molecule has 0 saturated carbocycles. The Morgan fingerprint density at radius 2 is 0.974 bits per heavy atom. The maximum absolute atomic E-state index is 2.48. The van der Waals surface area contributed by atoms with E-state index >= 15 is 0 Å². The first-order valence-electron chi connectivity index (χ1n) is 14.0. The first kappa shape index (κ1) is 29.1. The summed E-state index contributed by atoms with van der Waals surface area (Å²) >= 11 is 2.37. The molecule has 0 bridgehead atoms. The molecule has 38 heavy (non-hydrogen) atoms. The van der Waals surface area contributed by atoms with Crippen molar-refractivity contribution in [2.45, 2.75) is 93.4 Å². The molecule has 0 spiro atoms. The van der Waals surface area contributed by atoms with Crippen molar-refractivity contribution in [2.75, 3.05) is 0 Å². The van der Waals surface area contributed by atoms with Gasteiger partial charge in [-0.1, -0.05) is 0 Å². The molecule has 0 atom stereocenters. The zero-order valence-corrected chi connectivity index (χ0v) is 28.2. The number of allylic oxidation sites excluding steroid dienone is 4. The third-order valence-corrected chi connectivity index (χ3v) is 12.4. The number of hydrogen-bond donors (Lipinski definition) is 0. The van der Waals surface area contributed by atoms with Crippen molar-refractivity contribution in [3.63, 3.8) is 0 Å². The van der Waals surface area contributed by atoms with Crippen LogP contribution < -0.4 is 10.4 Å². The molecule has 0 heterocycles. The Labute approximate surface area is 245 Å². The Hall–Kier alpha value is -1.93. The van der Waals surface area contributed by atoms with Crippen LogP contribution in [-0.4, -0.2) is 8.80 Å². The number of benzene rings is 3. The summed E-state index contributed by atoms with van der Waals surface area (Å²) in [5.41, 5.74) is 13.1. The summed E-state index contributed by atoms with van der Waals surface area (Å²) < 4.78 is 1.48. The van der Waals surface area contributed by atoms with Gasteiger partial charge in [0.1, 0.15) is 0 Å². The summed E-state index contributed by atoms with van der Waals surface area (Å²) in [5.74, 6) is 0. The van der Waals surface area contributed by atoms with Gasteiger partial charge in [-0.25, -0.2) is 0 Å². The zero-order valence-electron chi connectivity index (χ0n) is 25.5. The molecule has 3 aromatic rings. The average Bonchev–Trinajstić information content (AvgIpc) is 3.06. The van der Waals surface area contributed by atoms with E-state index in [0.29, 0.717) is 0 Å². The van der Waals surface area contributed by atoms with Gasteiger partial charge in [0.25, 0.3) is 0 Å². The molecular weight excluding hydrogens is 508 g/mol. The third-order valence-electron chi connectivity index (χ3n) is 8.04. The second-order valence-electron chi connectivity index (χ2n) is 13.8. The van der Waals surface area contributed by atoms with Gasteiger partial charge < -0.3 is 0 Å². The standard InChI is InChI=1S/C36H45Si.Ti/c1-23-12-24(2)15-32(14-23)37(33-16-25(3)13-26(4)17-33)34-21-28(18-27(34)5)29-19-30(35(6,7)8)22-31(20-29)36(9,10)11;/h12-17,19-20,22,37H,21H2,1-11H3;. The van der Waals surface area contributed by atoms with Gasteiger partial charge in [0.15, 0.2) is 0 Å². The van der Waals surface area contributed by atoms with Crippen LogP contribution in [-0.2, 0) is 31.3 Å². The fourth-order valence-corrected chi connectivity index (χ4v) is 10.7. The van der Waals surface area contributed by atoms with Crippen LogP contribution in [0.25, 0.3) is 5.57 Å². The predicted octanol–water partition coefficient (Wildman–Crippen LogP) is 8.07. The van der Waals surface area contributed by atoms with Crippen molar-refractivity contribution < 1.29 is 20.4 Å². The van der Waals surface area contributed by atoms with Crippen LogP contribution in [0.15, 0.2) is 69.2 Å². The van der Waals surface area contributed by atoms with Crippen LogP contribution in [0.1, 0.15) is 93.8 Å². The Balaban J connectivity index is 1.88. The molecular formula is C36H45SiTi. The van der Waals surface area contributed by atoms with E-state index in [0.717, 1.165) is 6.42 Å². The topological polar surface area (TPSA) is 0 Å². The van der Waals surface area contributed by atoms with Gasteiger partial charge in [-0.3, -0.25) is 0 Å². The molecule has 0 fully saturated rings. The Morgan fingerprint density at radius 1 is 0.579 bits per heavy atom. The molecule has 0 N–H and O–H groups in total. The molecule has 0 saturated heterocycles. The van der Waals surface area contributed by atoms with Crippen molar-refractivity contribution in [3.8, 4) is 0 Å². The molecule has 2 heteroatoms. The zero-order chi connectivity index (χ0) is 28.2. The minimum atomic E-state index is -1.63. The molecule has 197 valence electrons. The molecule has 1 aliphatic carbocycles. The molecule has 4 rings (SSSR count). The third kappa shape index (κ3) is 6.11. The Bertz CT molecular complexity index is 1330. The number of rotatable bonds is 4. The van der Waals surface area contributed by atoms with Gasteiger partial charge in [0.05, 0.1) is 0 Å². The summed E-state index contributed by atoms with van der Waals surface area (Å²) in [4.78, 5) is 0. The fourth-order valence-electron chi connectivity index (χ4n) is 5.98. The van der Waals surface area contributed by atoms with Crippen molar-refractivity contribution in [2.24, 2.45) is 0 Å². The predicted molar refractivity (Wildman–Crippen MR) is 166 cm³/mol. The van der Waals surface area contributed by atoms with Gasteiger partial charge in [0, 0.05) is 0 Å². The monoisotopic (exact) mass is 553 g/mol. The van der Waals surface area contributed by atoms with Crippen molar-refractivity contribution in [3.05, 3.63) is 108 Å². The number of aryl methyl sites for hydroxylation is 4. The second kappa shape index (κ2) is 10.6. The van der Waals surface area contributed by atoms with Gasteiger partial charge in [-0.2, -0.15) is 0 Å². The molecule has 1 aliphatic rings. The van der Waals surface area contributed by atoms with Gasteiger partial charge in [-0.15, -0.1) is 0 Å². The Morgan fingerprint density at radius 3 is 1.34 bits per heavy atom. The molecule has 3 aromatic carbocycles. The van der Waals surface area contributed by atoms with E-state index in [-0.39, 0.29) is 10.8 Å². The maximum atomic E-state index is 2.48. The quantitative estimate of drug-likeness (QED) is 0.287. The molecule has 0 nitrogen and oxygen atoms in total. The summed E-state index contributed by atoms with van der Waals surface area (Å²) in [6.07, 6.45) is 1.06. The molecule has 0 unspecified atom stereocenters. The second-order valence-corrected chi connectivity index (χ2v) is 17.4. The summed E-state index contributed by atoms with van der Waals surface area (Å²) in [6, 6.07) is 21.9. The SMILES string of the molecule is CC1=C([SiH](c2cc(C)cc(C)c2)c2cc(C)cc(C)c2)CC(c2cc(C(C)(C)C)cc(C(C)(C)C)c2)=[C]1[Ti]. The van der Waals surface area contributed by atoms with E-state index in [4.69, 9.17) is 0 Å². The van der Waals surface area contributed by atoms with Crippen LogP contribution in [0.2, 0.25) is 0 Å².